The van der Waals surface area contributed by atoms with Crippen LogP contribution in [0.15, 0.2) is 0 Å². The molecule has 2 aliphatic heterocycles. The molecule has 3 rings (SSSR count). The number of fused-ring (bicyclic) bond motifs is 2. The Morgan fingerprint density at radius 1 is 1.25 bits per heavy atom. The standard InChI is InChI=1S/C12H20N2O2/c15-12(5-6-13-8-1-2-8)14-10-7-9-3-4-11(10)16-9/h8-11,13H,1-7H2,(H,14,15). The molecule has 3 fully saturated rings. The van der Waals surface area contributed by atoms with E-state index in [0.717, 1.165) is 19.4 Å². The molecule has 2 saturated heterocycles. The van der Waals surface area contributed by atoms with Crippen LogP contribution in [-0.2, 0) is 9.53 Å². The van der Waals surface area contributed by atoms with Crippen LogP contribution in [0.5, 0.6) is 0 Å². The van der Waals surface area contributed by atoms with Crippen molar-refractivity contribution in [3.8, 4) is 0 Å². The van der Waals surface area contributed by atoms with Gasteiger partial charge in [-0.2, -0.15) is 0 Å². The maximum atomic E-state index is 11.7. The van der Waals surface area contributed by atoms with E-state index >= 15 is 0 Å². The summed E-state index contributed by atoms with van der Waals surface area (Å²) in [6.07, 6.45) is 7.20. The predicted molar refractivity (Wildman–Crippen MR) is 60.1 cm³/mol. The van der Waals surface area contributed by atoms with Crippen molar-refractivity contribution in [3.63, 3.8) is 0 Å². The average molecular weight is 224 g/mol. The molecule has 2 bridgehead atoms. The number of ether oxygens (including phenoxy) is 1. The van der Waals surface area contributed by atoms with Gasteiger partial charge < -0.3 is 15.4 Å². The highest BCUT2D eigenvalue weighted by Gasteiger charge is 2.41. The lowest BCUT2D eigenvalue weighted by Crippen LogP contribution is -2.42. The van der Waals surface area contributed by atoms with Crippen LogP contribution in [0.25, 0.3) is 0 Å². The molecule has 2 heterocycles. The molecule has 0 aromatic heterocycles. The molecular weight excluding hydrogens is 204 g/mol. The van der Waals surface area contributed by atoms with Crippen molar-refractivity contribution in [2.75, 3.05) is 6.54 Å². The second-order valence-corrected chi connectivity index (χ2v) is 5.26. The smallest absolute Gasteiger partial charge is 0.221 e. The van der Waals surface area contributed by atoms with E-state index in [1.165, 1.54) is 19.3 Å². The molecule has 2 N–H and O–H groups in total. The van der Waals surface area contributed by atoms with Crippen LogP contribution in [0, 0.1) is 0 Å². The molecule has 3 atom stereocenters. The van der Waals surface area contributed by atoms with E-state index in [4.69, 9.17) is 4.74 Å². The number of amides is 1. The van der Waals surface area contributed by atoms with Gasteiger partial charge in [0.1, 0.15) is 0 Å². The summed E-state index contributed by atoms with van der Waals surface area (Å²) < 4.78 is 5.71. The molecule has 0 aromatic rings. The van der Waals surface area contributed by atoms with Crippen LogP contribution in [0.4, 0.5) is 0 Å². The molecule has 1 aliphatic carbocycles. The summed E-state index contributed by atoms with van der Waals surface area (Å²) in [4.78, 5) is 11.7. The van der Waals surface area contributed by atoms with Gasteiger partial charge in [-0.25, -0.2) is 0 Å². The SMILES string of the molecule is O=C(CCNC1CC1)NC1CC2CCC1O2. The lowest BCUT2D eigenvalue weighted by molar-refractivity contribution is -0.122. The first-order chi connectivity index (χ1) is 7.81. The molecule has 0 radical (unpaired) electrons. The summed E-state index contributed by atoms with van der Waals surface area (Å²) in [5, 5.41) is 6.45. The molecule has 3 aliphatic rings. The van der Waals surface area contributed by atoms with Gasteiger partial charge in [-0.05, 0) is 32.1 Å². The van der Waals surface area contributed by atoms with Gasteiger partial charge in [-0.3, -0.25) is 4.79 Å². The van der Waals surface area contributed by atoms with E-state index in [1.807, 2.05) is 0 Å². The quantitative estimate of drug-likeness (QED) is 0.717. The zero-order valence-electron chi connectivity index (χ0n) is 9.58. The van der Waals surface area contributed by atoms with Crippen LogP contribution in [0.1, 0.15) is 38.5 Å². The monoisotopic (exact) mass is 224 g/mol. The molecular formula is C12H20N2O2. The Morgan fingerprint density at radius 3 is 2.75 bits per heavy atom. The van der Waals surface area contributed by atoms with Crippen LogP contribution in [0.2, 0.25) is 0 Å². The third kappa shape index (κ3) is 2.38. The van der Waals surface area contributed by atoms with Gasteiger partial charge in [-0.15, -0.1) is 0 Å². The fraction of sp³-hybridized carbons (Fsp3) is 0.917. The zero-order chi connectivity index (χ0) is 11.0. The van der Waals surface area contributed by atoms with Crippen LogP contribution in [0.3, 0.4) is 0 Å². The molecule has 4 heteroatoms. The summed E-state index contributed by atoms with van der Waals surface area (Å²) in [5.74, 6) is 0.175. The number of carbonyl (C=O) groups excluding carboxylic acids is 1. The molecule has 4 nitrogen and oxygen atoms in total. The Bertz CT molecular complexity index is 278. The first kappa shape index (κ1) is 10.5. The van der Waals surface area contributed by atoms with Crippen molar-refractivity contribution in [3.05, 3.63) is 0 Å². The van der Waals surface area contributed by atoms with Crippen LogP contribution < -0.4 is 10.6 Å². The molecule has 16 heavy (non-hydrogen) atoms. The number of hydrogen-bond acceptors (Lipinski definition) is 3. The van der Waals surface area contributed by atoms with Crippen LogP contribution in [-0.4, -0.2) is 36.7 Å². The highest BCUT2D eigenvalue weighted by molar-refractivity contribution is 5.76. The maximum absolute atomic E-state index is 11.7. The van der Waals surface area contributed by atoms with Gasteiger partial charge >= 0.3 is 0 Å². The molecule has 1 amide bonds. The number of hydrogen-bond donors (Lipinski definition) is 2. The van der Waals surface area contributed by atoms with Gasteiger partial charge in [0, 0.05) is 19.0 Å². The van der Waals surface area contributed by atoms with Crippen molar-refractivity contribution in [2.24, 2.45) is 0 Å². The second-order valence-electron chi connectivity index (χ2n) is 5.26. The van der Waals surface area contributed by atoms with Gasteiger partial charge in [0.25, 0.3) is 0 Å². The zero-order valence-corrected chi connectivity index (χ0v) is 9.58. The Hall–Kier alpha value is -0.610. The molecule has 0 spiro atoms. The minimum atomic E-state index is 0.175. The van der Waals surface area contributed by atoms with Gasteiger partial charge in [0.15, 0.2) is 0 Å². The minimum Gasteiger partial charge on any atom is -0.373 e. The second kappa shape index (κ2) is 4.34. The summed E-state index contributed by atoms with van der Waals surface area (Å²) in [6, 6.07) is 0.978. The Balaban J connectivity index is 1.35. The van der Waals surface area contributed by atoms with Crippen molar-refractivity contribution >= 4 is 5.91 Å². The lowest BCUT2D eigenvalue weighted by atomic mass is 9.95. The first-order valence-electron chi connectivity index (χ1n) is 6.49. The number of nitrogens with one attached hydrogen (secondary N) is 2. The summed E-state index contributed by atoms with van der Waals surface area (Å²) in [5.41, 5.74) is 0. The molecule has 3 unspecified atom stereocenters. The minimum absolute atomic E-state index is 0.175. The highest BCUT2D eigenvalue weighted by Crippen LogP contribution is 2.34. The van der Waals surface area contributed by atoms with Crippen LogP contribution >= 0.6 is 0 Å². The Kier molecular flexibility index (Phi) is 2.86. The number of carbonyl (C=O) groups is 1. The Morgan fingerprint density at radius 2 is 2.12 bits per heavy atom. The highest BCUT2D eigenvalue weighted by atomic mass is 16.5. The normalized spacial score (nSPS) is 36.6. The van der Waals surface area contributed by atoms with Crippen molar-refractivity contribution < 1.29 is 9.53 Å². The Labute approximate surface area is 96.1 Å². The number of rotatable bonds is 5. The third-order valence-electron chi connectivity index (χ3n) is 3.81. The molecule has 1 saturated carbocycles. The van der Waals surface area contributed by atoms with E-state index in [2.05, 4.69) is 10.6 Å². The average Bonchev–Trinajstić information content (AvgIpc) is 2.86. The predicted octanol–water partition coefficient (Wildman–Crippen LogP) is 0.565. The van der Waals surface area contributed by atoms with Gasteiger partial charge in [0.2, 0.25) is 5.91 Å². The van der Waals surface area contributed by atoms with E-state index in [-0.39, 0.29) is 11.9 Å². The van der Waals surface area contributed by atoms with Crippen molar-refractivity contribution in [1.29, 1.82) is 0 Å². The summed E-state index contributed by atoms with van der Waals surface area (Å²) in [6.45, 7) is 0.818. The topological polar surface area (TPSA) is 50.4 Å². The largest absolute Gasteiger partial charge is 0.373 e. The maximum Gasteiger partial charge on any atom is 0.221 e. The van der Waals surface area contributed by atoms with Crippen molar-refractivity contribution in [2.45, 2.75) is 62.8 Å². The van der Waals surface area contributed by atoms with Gasteiger partial charge in [-0.1, -0.05) is 0 Å². The van der Waals surface area contributed by atoms with E-state index in [1.54, 1.807) is 0 Å². The molecule has 90 valence electrons. The van der Waals surface area contributed by atoms with Crippen molar-refractivity contribution in [1.82, 2.24) is 10.6 Å². The van der Waals surface area contributed by atoms with Gasteiger partial charge in [0.05, 0.1) is 18.2 Å². The van der Waals surface area contributed by atoms with E-state index in [0.29, 0.717) is 24.7 Å². The third-order valence-corrected chi connectivity index (χ3v) is 3.81. The fourth-order valence-electron chi connectivity index (χ4n) is 2.75. The van der Waals surface area contributed by atoms with E-state index < -0.39 is 0 Å². The summed E-state index contributed by atoms with van der Waals surface area (Å²) in [7, 11) is 0. The van der Waals surface area contributed by atoms with E-state index in [9.17, 15) is 4.79 Å². The first-order valence-corrected chi connectivity index (χ1v) is 6.49. The molecule has 0 aromatic carbocycles. The lowest BCUT2D eigenvalue weighted by Gasteiger charge is -2.20. The fourth-order valence-corrected chi connectivity index (χ4v) is 2.75. The summed E-state index contributed by atoms with van der Waals surface area (Å²) >= 11 is 0.